The molecule has 0 bridgehead atoms. The maximum atomic E-state index is 11.9. The van der Waals surface area contributed by atoms with Crippen molar-refractivity contribution in [3.05, 3.63) is 12.2 Å². The van der Waals surface area contributed by atoms with Crippen LogP contribution in [0, 0.1) is 11.8 Å². The number of carboxylic acid groups (broad SMARTS) is 1. The normalized spacial score (nSPS) is 19.8. The van der Waals surface area contributed by atoms with Crippen molar-refractivity contribution in [3.63, 3.8) is 0 Å². The number of carboxylic acids is 1. The van der Waals surface area contributed by atoms with Crippen LogP contribution in [0.2, 0.25) is 0 Å². The monoisotopic (exact) mass is 225 g/mol. The molecule has 90 valence electrons. The molecule has 0 radical (unpaired) electrons. The van der Waals surface area contributed by atoms with E-state index in [0.29, 0.717) is 12.8 Å². The van der Waals surface area contributed by atoms with Crippen LogP contribution in [0.15, 0.2) is 12.2 Å². The third-order valence-corrected chi connectivity index (χ3v) is 3.36. The van der Waals surface area contributed by atoms with Crippen molar-refractivity contribution in [1.29, 1.82) is 0 Å². The summed E-state index contributed by atoms with van der Waals surface area (Å²) < 4.78 is 0. The molecule has 0 aromatic carbocycles. The molecule has 0 fully saturated rings. The van der Waals surface area contributed by atoms with E-state index < -0.39 is 11.5 Å². The number of carbonyl (C=O) groups is 2. The first-order valence-electron chi connectivity index (χ1n) is 5.58. The molecule has 2 N–H and O–H groups in total. The first kappa shape index (κ1) is 12.7. The Balaban J connectivity index is 2.69. The summed E-state index contributed by atoms with van der Waals surface area (Å²) in [4.78, 5) is 23.0. The van der Waals surface area contributed by atoms with Crippen LogP contribution in [0.25, 0.3) is 0 Å². The number of nitrogens with one attached hydrogen (secondary N) is 1. The van der Waals surface area contributed by atoms with Gasteiger partial charge in [-0.2, -0.15) is 0 Å². The van der Waals surface area contributed by atoms with Gasteiger partial charge in [-0.1, -0.05) is 26.0 Å². The van der Waals surface area contributed by atoms with Gasteiger partial charge in [0.15, 0.2) is 0 Å². The molecule has 1 unspecified atom stereocenters. The predicted molar refractivity (Wildman–Crippen MR) is 60.9 cm³/mol. The molecule has 1 aliphatic rings. The number of hydrogen-bond donors (Lipinski definition) is 2. The lowest BCUT2D eigenvalue weighted by Gasteiger charge is -2.31. The fourth-order valence-corrected chi connectivity index (χ4v) is 1.63. The van der Waals surface area contributed by atoms with E-state index in [1.54, 1.807) is 20.8 Å². The Morgan fingerprint density at radius 2 is 1.88 bits per heavy atom. The number of carbonyl (C=O) groups excluding carboxylic acids is 1. The molecule has 4 nitrogen and oxygen atoms in total. The SMILES string of the molecule is CC(C)C(C)(NC(=O)C1CC=CC1)C(=O)O. The molecular weight excluding hydrogens is 206 g/mol. The molecular formula is C12H19NO3. The molecule has 0 aromatic heterocycles. The molecule has 0 heterocycles. The van der Waals surface area contributed by atoms with Crippen LogP contribution in [0.4, 0.5) is 0 Å². The molecule has 1 rings (SSSR count). The molecule has 1 amide bonds. The van der Waals surface area contributed by atoms with Crippen LogP contribution in [0.1, 0.15) is 33.6 Å². The highest BCUT2D eigenvalue weighted by atomic mass is 16.4. The summed E-state index contributed by atoms with van der Waals surface area (Å²) in [5, 5.41) is 11.8. The van der Waals surface area contributed by atoms with Crippen molar-refractivity contribution in [3.8, 4) is 0 Å². The highest BCUT2D eigenvalue weighted by Crippen LogP contribution is 2.22. The molecule has 1 atom stereocenters. The van der Waals surface area contributed by atoms with Crippen molar-refractivity contribution in [2.45, 2.75) is 39.2 Å². The summed E-state index contributed by atoms with van der Waals surface area (Å²) in [6.07, 6.45) is 5.33. The smallest absolute Gasteiger partial charge is 0.329 e. The standard InChI is InChI=1S/C12H19NO3/c1-8(2)12(3,11(15)16)13-10(14)9-6-4-5-7-9/h4-5,8-9H,6-7H2,1-3H3,(H,13,14)(H,15,16). The fraction of sp³-hybridized carbons (Fsp3) is 0.667. The second-order valence-corrected chi connectivity index (χ2v) is 4.79. The van der Waals surface area contributed by atoms with Crippen molar-refractivity contribution in [2.24, 2.45) is 11.8 Å². The lowest BCUT2D eigenvalue weighted by Crippen LogP contribution is -2.57. The summed E-state index contributed by atoms with van der Waals surface area (Å²) in [6, 6.07) is 0. The minimum atomic E-state index is -1.18. The number of amides is 1. The van der Waals surface area contributed by atoms with Crippen molar-refractivity contribution in [2.75, 3.05) is 0 Å². The first-order valence-corrected chi connectivity index (χ1v) is 5.58. The topological polar surface area (TPSA) is 66.4 Å². The zero-order valence-corrected chi connectivity index (χ0v) is 9.99. The summed E-state index contributed by atoms with van der Waals surface area (Å²) in [5.74, 6) is -1.40. The van der Waals surface area contributed by atoms with Gasteiger partial charge in [-0.3, -0.25) is 4.79 Å². The van der Waals surface area contributed by atoms with Crippen LogP contribution < -0.4 is 5.32 Å². The number of allylic oxidation sites excluding steroid dienone is 2. The van der Waals surface area contributed by atoms with E-state index in [9.17, 15) is 9.59 Å². The van der Waals surface area contributed by atoms with Gasteiger partial charge in [-0.05, 0) is 25.7 Å². The average molecular weight is 225 g/mol. The molecule has 1 aliphatic carbocycles. The Labute approximate surface area is 95.7 Å². The molecule has 0 saturated carbocycles. The summed E-state index contributed by atoms with van der Waals surface area (Å²) in [6.45, 7) is 5.14. The third-order valence-electron chi connectivity index (χ3n) is 3.36. The largest absolute Gasteiger partial charge is 0.480 e. The van der Waals surface area contributed by atoms with Crippen molar-refractivity contribution in [1.82, 2.24) is 5.32 Å². The second kappa shape index (κ2) is 4.68. The molecule has 0 spiro atoms. The van der Waals surface area contributed by atoms with Crippen LogP contribution in [0.5, 0.6) is 0 Å². The highest BCUT2D eigenvalue weighted by Gasteiger charge is 2.39. The van der Waals surface area contributed by atoms with E-state index in [4.69, 9.17) is 5.11 Å². The Morgan fingerprint density at radius 3 is 2.25 bits per heavy atom. The Morgan fingerprint density at radius 1 is 1.38 bits per heavy atom. The molecule has 0 saturated heterocycles. The number of aliphatic carboxylic acids is 1. The van der Waals surface area contributed by atoms with Gasteiger partial charge in [0.1, 0.15) is 5.54 Å². The van der Waals surface area contributed by atoms with Gasteiger partial charge in [0.25, 0.3) is 0 Å². The minimum absolute atomic E-state index is 0.0996. The lowest BCUT2D eigenvalue weighted by atomic mass is 9.87. The van der Waals surface area contributed by atoms with Gasteiger partial charge < -0.3 is 10.4 Å². The number of hydrogen-bond acceptors (Lipinski definition) is 2. The second-order valence-electron chi connectivity index (χ2n) is 4.79. The fourth-order valence-electron chi connectivity index (χ4n) is 1.63. The first-order chi connectivity index (χ1) is 7.38. The van der Waals surface area contributed by atoms with E-state index in [2.05, 4.69) is 5.32 Å². The zero-order valence-electron chi connectivity index (χ0n) is 9.99. The van der Waals surface area contributed by atoms with Gasteiger partial charge in [0.2, 0.25) is 5.91 Å². The Bertz CT molecular complexity index is 314. The van der Waals surface area contributed by atoms with Gasteiger partial charge in [-0.25, -0.2) is 4.79 Å². The average Bonchev–Trinajstić information content (AvgIpc) is 2.69. The van der Waals surface area contributed by atoms with Crippen molar-refractivity contribution >= 4 is 11.9 Å². The maximum Gasteiger partial charge on any atom is 0.329 e. The van der Waals surface area contributed by atoms with Crippen LogP contribution in [0.3, 0.4) is 0 Å². The molecule has 0 aliphatic heterocycles. The van der Waals surface area contributed by atoms with Gasteiger partial charge in [0, 0.05) is 5.92 Å². The highest BCUT2D eigenvalue weighted by molar-refractivity contribution is 5.88. The van der Waals surface area contributed by atoms with E-state index in [1.807, 2.05) is 12.2 Å². The molecule has 4 heteroatoms. The van der Waals surface area contributed by atoms with Gasteiger partial charge in [-0.15, -0.1) is 0 Å². The van der Waals surface area contributed by atoms with Crippen LogP contribution in [-0.4, -0.2) is 22.5 Å². The Kier molecular flexibility index (Phi) is 3.73. The van der Waals surface area contributed by atoms with E-state index >= 15 is 0 Å². The van der Waals surface area contributed by atoms with E-state index in [1.165, 1.54) is 0 Å². The third kappa shape index (κ3) is 2.43. The van der Waals surface area contributed by atoms with Gasteiger partial charge in [0.05, 0.1) is 0 Å². The molecule has 16 heavy (non-hydrogen) atoms. The minimum Gasteiger partial charge on any atom is -0.480 e. The van der Waals surface area contributed by atoms with E-state index in [0.717, 1.165) is 0 Å². The summed E-state index contributed by atoms with van der Waals surface area (Å²) >= 11 is 0. The molecule has 0 aromatic rings. The van der Waals surface area contributed by atoms with Crippen molar-refractivity contribution < 1.29 is 14.7 Å². The van der Waals surface area contributed by atoms with Crippen LogP contribution >= 0.6 is 0 Å². The maximum absolute atomic E-state index is 11.9. The lowest BCUT2D eigenvalue weighted by molar-refractivity contribution is -0.149. The summed E-state index contributed by atoms with van der Waals surface area (Å²) in [5.41, 5.74) is -1.18. The Hall–Kier alpha value is -1.32. The summed E-state index contributed by atoms with van der Waals surface area (Å²) in [7, 11) is 0. The number of rotatable bonds is 4. The van der Waals surface area contributed by atoms with Gasteiger partial charge >= 0.3 is 5.97 Å². The quantitative estimate of drug-likeness (QED) is 0.714. The predicted octanol–water partition coefficient (Wildman–Crippen LogP) is 1.57. The zero-order chi connectivity index (χ0) is 12.3. The van der Waals surface area contributed by atoms with E-state index in [-0.39, 0.29) is 17.7 Å². The van der Waals surface area contributed by atoms with Crippen LogP contribution in [-0.2, 0) is 9.59 Å².